The molecule has 0 fully saturated rings. The number of nitrogens with one attached hydrogen (secondary N) is 1. The van der Waals surface area contributed by atoms with Crippen molar-refractivity contribution in [1.82, 2.24) is 5.32 Å². The Labute approximate surface area is 112 Å². The van der Waals surface area contributed by atoms with E-state index >= 15 is 0 Å². The second kappa shape index (κ2) is 6.89. The highest BCUT2D eigenvalue weighted by Gasteiger charge is 2.18. The monoisotopic (exact) mass is 264 g/mol. The van der Waals surface area contributed by atoms with E-state index in [2.05, 4.69) is 5.32 Å². The fraction of sp³-hybridized carbons (Fsp3) is 0.429. The molecule has 5 heteroatoms. The number of hydrogen-bond donors (Lipinski definition) is 3. The highest BCUT2D eigenvalue weighted by molar-refractivity contribution is 5.87. The van der Waals surface area contributed by atoms with Crippen LogP contribution in [0.5, 0.6) is 0 Å². The molecule has 1 rings (SSSR count). The van der Waals surface area contributed by atoms with Crippen LogP contribution >= 0.6 is 0 Å². The maximum atomic E-state index is 11.8. The van der Waals surface area contributed by atoms with Crippen molar-refractivity contribution in [3.05, 3.63) is 35.4 Å². The van der Waals surface area contributed by atoms with E-state index in [9.17, 15) is 9.59 Å². The predicted molar refractivity (Wildman–Crippen MR) is 72.7 cm³/mol. The van der Waals surface area contributed by atoms with Gasteiger partial charge >= 0.3 is 5.97 Å². The smallest absolute Gasteiger partial charge is 0.335 e. The summed E-state index contributed by atoms with van der Waals surface area (Å²) in [7, 11) is 0. The lowest BCUT2D eigenvalue weighted by Gasteiger charge is -2.17. The second-order valence-corrected chi connectivity index (χ2v) is 4.63. The number of nitrogens with two attached hydrogens (primary N) is 1. The van der Waals surface area contributed by atoms with Gasteiger partial charge in [0.25, 0.3) is 0 Å². The van der Waals surface area contributed by atoms with Crippen LogP contribution in [0.25, 0.3) is 0 Å². The van der Waals surface area contributed by atoms with Crippen LogP contribution in [0.15, 0.2) is 24.3 Å². The summed E-state index contributed by atoms with van der Waals surface area (Å²) in [5.41, 5.74) is 6.75. The van der Waals surface area contributed by atoms with Crippen LogP contribution in [-0.2, 0) is 11.3 Å². The van der Waals surface area contributed by atoms with Crippen LogP contribution < -0.4 is 11.1 Å². The predicted octanol–water partition coefficient (Wildman–Crippen LogP) is 1.37. The van der Waals surface area contributed by atoms with Crippen molar-refractivity contribution >= 4 is 11.9 Å². The molecule has 2 atom stereocenters. The Morgan fingerprint density at radius 3 is 2.68 bits per heavy atom. The molecular formula is C14H20N2O3. The molecule has 1 unspecified atom stereocenters. The third-order valence-electron chi connectivity index (χ3n) is 3.20. The zero-order chi connectivity index (χ0) is 14.4. The largest absolute Gasteiger partial charge is 0.478 e. The average molecular weight is 264 g/mol. The summed E-state index contributed by atoms with van der Waals surface area (Å²) < 4.78 is 0. The molecule has 1 aromatic rings. The van der Waals surface area contributed by atoms with Gasteiger partial charge in [-0.25, -0.2) is 4.79 Å². The van der Waals surface area contributed by atoms with E-state index in [1.54, 1.807) is 12.1 Å². The first-order valence-electron chi connectivity index (χ1n) is 6.31. The van der Waals surface area contributed by atoms with Crippen LogP contribution in [0, 0.1) is 5.92 Å². The van der Waals surface area contributed by atoms with Crippen molar-refractivity contribution in [2.45, 2.75) is 32.9 Å². The zero-order valence-electron chi connectivity index (χ0n) is 11.2. The molecular weight excluding hydrogens is 244 g/mol. The van der Waals surface area contributed by atoms with Gasteiger partial charge in [0.2, 0.25) is 5.91 Å². The molecule has 0 heterocycles. The molecule has 0 bridgehead atoms. The summed E-state index contributed by atoms with van der Waals surface area (Å²) in [5.74, 6) is -1.08. The summed E-state index contributed by atoms with van der Waals surface area (Å²) in [6.07, 6.45) is 0.836. The van der Waals surface area contributed by atoms with Gasteiger partial charge in [-0.05, 0) is 23.6 Å². The van der Waals surface area contributed by atoms with Gasteiger partial charge in [0.1, 0.15) is 0 Å². The number of carboxylic acid groups (broad SMARTS) is 1. The normalized spacial score (nSPS) is 13.6. The Balaban J connectivity index is 2.59. The third kappa shape index (κ3) is 4.37. The van der Waals surface area contributed by atoms with Crippen molar-refractivity contribution in [1.29, 1.82) is 0 Å². The topological polar surface area (TPSA) is 92.4 Å². The number of carbonyl (C=O) groups excluding carboxylic acids is 1. The molecule has 0 aliphatic rings. The number of rotatable bonds is 6. The fourth-order valence-electron chi connectivity index (χ4n) is 1.63. The Hall–Kier alpha value is -1.88. The Morgan fingerprint density at radius 1 is 1.42 bits per heavy atom. The molecule has 1 amide bonds. The van der Waals surface area contributed by atoms with Crippen LogP contribution in [0.2, 0.25) is 0 Å². The highest BCUT2D eigenvalue weighted by atomic mass is 16.4. The lowest BCUT2D eigenvalue weighted by molar-refractivity contribution is -0.123. The first kappa shape index (κ1) is 15.2. The van der Waals surface area contributed by atoms with E-state index in [1.807, 2.05) is 13.8 Å². The Morgan fingerprint density at radius 2 is 2.11 bits per heavy atom. The molecule has 0 aromatic heterocycles. The number of carbonyl (C=O) groups is 2. The van der Waals surface area contributed by atoms with E-state index in [1.165, 1.54) is 12.1 Å². The fourth-order valence-corrected chi connectivity index (χ4v) is 1.63. The first-order valence-corrected chi connectivity index (χ1v) is 6.31. The SMILES string of the molecule is CCC(C)[C@H](N)C(=O)NCc1cccc(C(=O)O)c1. The van der Waals surface area contributed by atoms with E-state index in [0.717, 1.165) is 12.0 Å². The average Bonchev–Trinajstić information content (AvgIpc) is 2.43. The third-order valence-corrected chi connectivity index (χ3v) is 3.20. The van der Waals surface area contributed by atoms with Crippen molar-refractivity contribution < 1.29 is 14.7 Å². The lowest BCUT2D eigenvalue weighted by atomic mass is 9.99. The summed E-state index contributed by atoms with van der Waals surface area (Å²) in [5, 5.41) is 11.6. The number of carboxylic acids is 1. The molecule has 1 aromatic carbocycles. The number of benzene rings is 1. The molecule has 19 heavy (non-hydrogen) atoms. The lowest BCUT2D eigenvalue weighted by Crippen LogP contribution is -2.44. The molecule has 104 valence electrons. The molecule has 0 saturated heterocycles. The first-order chi connectivity index (χ1) is 8.95. The maximum Gasteiger partial charge on any atom is 0.335 e. The van der Waals surface area contributed by atoms with E-state index in [-0.39, 0.29) is 23.9 Å². The van der Waals surface area contributed by atoms with Crippen LogP contribution in [0.3, 0.4) is 0 Å². The highest BCUT2D eigenvalue weighted by Crippen LogP contribution is 2.07. The summed E-state index contributed by atoms with van der Waals surface area (Å²) >= 11 is 0. The van der Waals surface area contributed by atoms with Gasteiger partial charge in [-0.1, -0.05) is 32.4 Å². The summed E-state index contributed by atoms with van der Waals surface area (Å²) in [6, 6.07) is 5.93. The van der Waals surface area contributed by atoms with E-state index in [4.69, 9.17) is 10.8 Å². The van der Waals surface area contributed by atoms with Crippen LogP contribution in [-0.4, -0.2) is 23.0 Å². The molecule has 0 saturated carbocycles. The minimum atomic E-state index is -0.982. The molecule has 0 aliphatic carbocycles. The molecule has 0 aliphatic heterocycles. The van der Waals surface area contributed by atoms with Gasteiger partial charge in [0.15, 0.2) is 0 Å². The van der Waals surface area contributed by atoms with Crippen molar-refractivity contribution in [2.24, 2.45) is 11.7 Å². The maximum absolute atomic E-state index is 11.8. The van der Waals surface area contributed by atoms with Crippen molar-refractivity contribution in [3.63, 3.8) is 0 Å². The second-order valence-electron chi connectivity index (χ2n) is 4.63. The zero-order valence-corrected chi connectivity index (χ0v) is 11.2. The Kier molecular flexibility index (Phi) is 5.51. The van der Waals surface area contributed by atoms with Crippen molar-refractivity contribution in [3.8, 4) is 0 Å². The summed E-state index contributed by atoms with van der Waals surface area (Å²) in [4.78, 5) is 22.6. The Bertz CT molecular complexity index is 460. The van der Waals surface area contributed by atoms with Crippen LogP contribution in [0.1, 0.15) is 36.2 Å². The number of amides is 1. The number of aromatic carboxylic acids is 1. The van der Waals surface area contributed by atoms with Crippen molar-refractivity contribution in [2.75, 3.05) is 0 Å². The molecule has 5 nitrogen and oxygen atoms in total. The van der Waals surface area contributed by atoms with Gasteiger partial charge < -0.3 is 16.2 Å². The van der Waals surface area contributed by atoms with Gasteiger partial charge in [-0.2, -0.15) is 0 Å². The van der Waals surface area contributed by atoms with E-state index < -0.39 is 12.0 Å². The number of hydrogen-bond acceptors (Lipinski definition) is 3. The van der Waals surface area contributed by atoms with E-state index in [0.29, 0.717) is 0 Å². The molecule has 0 spiro atoms. The van der Waals surface area contributed by atoms with Gasteiger partial charge in [-0.3, -0.25) is 4.79 Å². The minimum absolute atomic E-state index is 0.116. The van der Waals surface area contributed by atoms with Gasteiger partial charge in [-0.15, -0.1) is 0 Å². The standard InChI is InChI=1S/C14H20N2O3/c1-3-9(2)12(15)13(17)16-8-10-5-4-6-11(7-10)14(18)19/h4-7,9,12H,3,8,15H2,1-2H3,(H,16,17)(H,18,19)/t9?,12-/m0/s1. The molecule has 0 radical (unpaired) electrons. The quantitative estimate of drug-likeness (QED) is 0.723. The van der Waals surface area contributed by atoms with Gasteiger partial charge in [0.05, 0.1) is 11.6 Å². The van der Waals surface area contributed by atoms with Gasteiger partial charge in [0, 0.05) is 6.54 Å². The summed E-state index contributed by atoms with van der Waals surface area (Å²) in [6.45, 7) is 4.19. The van der Waals surface area contributed by atoms with Crippen LogP contribution in [0.4, 0.5) is 0 Å². The molecule has 4 N–H and O–H groups in total. The minimum Gasteiger partial charge on any atom is -0.478 e.